The van der Waals surface area contributed by atoms with Crippen molar-refractivity contribution in [3.05, 3.63) is 28.2 Å². The minimum Gasteiger partial charge on any atom is -0.324 e. The van der Waals surface area contributed by atoms with Gasteiger partial charge in [-0.25, -0.2) is 0 Å². The smallest absolute Gasteiger partial charge is 0.242 e. The van der Waals surface area contributed by atoms with Gasteiger partial charge in [-0.3, -0.25) is 4.79 Å². The Kier molecular flexibility index (Phi) is 3.96. The molecule has 76 valence electrons. The van der Waals surface area contributed by atoms with Gasteiger partial charge in [-0.05, 0) is 47.5 Å². The van der Waals surface area contributed by atoms with Crippen LogP contribution >= 0.6 is 27.5 Å². The zero-order chi connectivity index (χ0) is 10.7. The molecule has 0 heterocycles. The molecule has 0 spiro atoms. The summed E-state index contributed by atoms with van der Waals surface area (Å²) in [5.41, 5.74) is 1.88. The second-order valence-corrected chi connectivity index (χ2v) is 4.60. The molecule has 1 unspecified atom stereocenters. The van der Waals surface area contributed by atoms with Crippen LogP contribution in [-0.4, -0.2) is 11.3 Å². The molecule has 14 heavy (non-hydrogen) atoms. The van der Waals surface area contributed by atoms with E-state index in [9.17, 15) is 4.79 Å². The Morgan fingerprint density at radius 2 is 2.21 bits per heavy atom. The standard InChI is InChI=1S/C10H11BrClNO/c1-6-3-4-9(8(11)5-6)13-10(14)7(2)12/h3-5,7H,1-2H3,(H,13,14). The topological polar surface area (TPSA) is 29.1 Å². The third-order valence-corrected chi connectivity index (χ3v) is 2.60. The van der Waals surface area contributed by atoms with Gasteiger partial charge in [0.2, 0.25) is 5.91 Å². The molecule has 0 fully saturated rings. The number of rotatable bonds is 2. The summed E-state index contributed by atoms with van der Waals surface area (Å²) in [6, 6.07) is 5.71. The van der Waals surface area contributed by atoms with Gasteiger partial charge in [0.15, 0.2) is 0 Å². The van der Waals surface area contributed by atoms with E-state index in [4.69, 9.17) is 11.6 Å². The minimum absolute atomic E-state index is 0.198. The fraction of sp³-hybridized carbons (Fsp3) is 0.300. The molecule has 0 aromatic heterocycles. The summed E-state index contributed by atoms with van der Waals surface area (Å²) < 4.78 is 0.864. The van der Waals surface area contributed by atoms with Crippen LogP contribution in [0, 0.1) is 6.92 Å². The monoisotopic (exact) mass is 275 g/mol. The van der Waals surface area contributed by atoms with Gasteiger partial charge in [-0.1, -0.05) is 6.07 Å². The van der Waals surface area contributed by atoms with Crippen LogP contribution in [0.3, 0.4) is 0 Å². The number of carbonyl (C=O) groups is 1. The quantitative estimate of drug-likeness (QED) is 0.825. The Bertz CT molecular complexity index is 352. The van der Waals surface area contributed by atoms with Gasteiger partial charge in [0.1, 0.15) is 5.38 Å². The van der Waals surface area contributed by atoms with Gasteiger partial charge in [0, 0.05) is 4.47 Å². The SMILES string of the molecule is Cc1ccc(NC(=O)C(C)Cl)c(Br)c1. The highest BCUT2D eigenvalue weighted by Gasteiger charge is 2.10. The zero-order valence-electron chi connectivity index (χ0n) is 7.97. The van der Waals surface area contributed by atoms with Crippen LogP contribution in [0.1, 0.15) is 12.5 Å². The molecular formula is C10H11BrClNO. The molecule has 0 aliphatic carbocycles. The number of hydrogen-bond acceptors (Lipinski definition) is 1. The van der Waals surface area contributed by atoms with Gasteiger partial charge >= 0.3 is 0 Å². The molecule has 0 saturated carbocycles. The van der Waals surface area contributed by atoms with Gasteiger partial charge in [-0.2, -0.15) is 0 Å². The Labute approximate surface area is 96.8 Å². The number of carbonyl (C=O) groups excluding carboxylic acids is 1. The van der Waals surface area contributed by atoms with E-state index >= 15 is 0 Å². The maximum absolute atomic E-state index is 11.3. The van der Waals surface area contributed by atoms with E-state index in [-0.39, 0.29) is 5.91 Å². The van der Waals surface area contributed by atoms with E-state index in [0.29, 0.717) is 0 Å². The zero-order valence-corrected chi connectivity index (χ0v) is 10.3. The van der Waals surface area contributed by atoms with Crippen molar-refractivity contribution >= 4 is 39.1 Å². The van der Waals surface area contributed by atoms with Crippen molar-refractivity contribution in [1.82, 2.24) is 0 Å². The lowest BCUT2D eigenvalue weighted by Gasteiger charge is -2.08. The number of benzene rings is 1. The van der Waals surface area contributed by atoms with Crippen LogP contribution in [0.25, 0.3) is 0 Å². The molecule has 1 rings (SSSR count). The number of alkyl halides is 1. The van der Waals surface area contributed by atoms with Crippen LogP contribution in [0.2, 0.25) is 0 Å². The summed E-state index contributed by atoms with van der Waals surface area (Å²) in [6.45, 7) is 3.62. The summed E-state index contributed by atoms with van der Waals surface area (Å²) in [5.74, 6) is -0.198. The van der Waals surface area contributed by atoms with Gasteiger partial charge in [-0.15, -0.1) is 11.6 Å². The second-order valence-electron chi connectivity index (χ2n) is 3.09. The fourth-order valence-corrected chi connectivity index (χ4v) is 1.60. The average molecular weight is 277 g/mol. The molecule has 1 amide bonds. The number of hydrogen-bond donors (Lipinski definition) is 1. The van der Waals surface area contributed by atoms with Crippen molar-refractivity contribution in [3.63, 3.8) is 0 Å². The van der Waals surface area contributed by atoms with Crippen molar-refractivity contribution in [3.8, 4) is 0 Å². The highest BCUT2D eigenvalue weighted by atomic mass is 79.9. The van der Waals surface area contributed by atoms with Gasteiger partial charge < -0.3 is 5.32 Å². The Balaban J connectivity index is 2.82. The van der Waals surface area contributed by atoms with Gasteiger partial charge in [0.05, 0.1) is 5.69 Å². The molecule has 0 aliphatic rings. The number of halogens is 2. The highest BCUT2D eigenvalue weighted by molar-refractivity contribution is 9.10. The third kappa shape index (κ3) is 3.00. The summed E-state index contributed by atoms with van der Waals surface area (Å²) in [6.07, 6.45) is 0. The van der Waals surface area contributed by atoms with E-state index in [1.807, 2.05) is 25.1 Å². The van der Waals surface area contributed by atoms with Crippen molar-refractivity contribution < 1.29 is 4.79 Å². The van der Waals surface area contributed by atoms with Crippen molar-refractivity contribution in [1.29, 1.82) is 0 Å². The second kappa shape index (κ2) is 4.80. The maximum atomic E-state index is 11.3. The van der Waals surface area contributed by atoms with Crippen molar-refractivity contribution in [2.45, 2.75) is 19.2 Å². The van der Waals surface area contributed by atoms with Crippen LogP contribution in [-0.2, 0) is 4.79 Å². The molecule has 0 saturated heterocycles. The van der Waals surface area contributed by atoms with Crippen molar-refractivity contribution in [2.24, 2.45) is 0 Å². The third-order valence-electron chi connectivity index (χ3n) is 1.74. The molecule has 1 aromatic carbocycles. The maximum Gasteiger partial charge on any atom is 0.242 e. The first-order valence-electron chi connectivity index (χ1n) is 4.22. The summed E-state index contributed by atoms with van der Waals surface area (Å²) in [4.78, 5) is 11.3. The predicted molar refractivity (Wildman–Crippen MR) is 62.8 cm³/mol. The lowest BCUT2D eigenvalue weighted by Crippen LogP contribution is -2.20. The lowest BCUT2D eigenvalue weighted by atomic mass is 10.2. The number of aryl methyl sites for hydroxylation is 1. The van der Waals surface area contributed by atoms with Crippen LogP contribution < -0.4 is 5.32 Å². The molecule has 1 aromatic rings. The van der Waals surface area contributed by atoms with Crippen LogP contribution in [0.5, 0.6) is 0 Å². The first-order valence-corrected chi connectivity index (χ1v) is 5.44. The Morgan fingerprint density at radius 1 is 1.57 bits per heavy atom. The summed E-state index contributed by atoms with van der Waals surface area (Å²) >= 11 is 9.00. The van der Waals surface area contributed by atoms with Crippen molar-refractivity contribution in [2.75, 3.05) is 5.32 Å². The molecule has 0 bridgehead atoms. The molecular weight excluding hydrogens is 265 g/mol. The molecule has 1 atom stereocenters. The number of nitrogens with one attached hydrogen (secondary N) is 1. The van der Waals surface area contributed by atoms with E-state index < -0.39 is 5.38 Å². The van der Waals surface area contributed by atoms with E-state index in [0.717, 1.165) is 15.7 Å². The fourth-order valence-electron chi connectivity index (χ4n) is 0.954. The first-order chi connectivity index (χ1) is 6.50. The van der Waals surface area contributed by atoms with Crippen LogP contribution in [0.4, 0.5) is 5.69 Å². The van der Waals surface area contributed by atoms with E-state index in [1.165, 1.54) is 0 Å². The van der Waals surface area contributed by atoms with E-state index in [1.54, 1.807) is 6.92 Å². The molecule has 0 radical (unpaired) electrons. The number of amides is 1. The van der Waals surface area contributed by atoms with Gasteiger partial charge in [0.25, 0.3) is 0 Å². The molecule has 2 nitrogen and oxygen atoms in total. The Hall–Kier alpha value is -0.540. The number of anilines is 1. The predicted octanol–water partition coefficient (Wildman–Crippen LogP) is 3.32. The van der Waals surface area contributed by atoms with Crippen LogP contribution in [0.15, 0.2) is 22.7 Å². The average Bonchev–Trinajstić information content (AvgIpc) is 2.09. The van der Waals surface area contributed by atoms with E-state index in [2.05, 4.69) is 21.2 Å². The summed E-state index contributed by atoms with van der Waals surface area (Å²) in [7, 11) is 0. The highest BCUT2D eigenvalue weighted by Crippen LogP contribution is 2.23. The first kappa shape index (κ1) is 11.5. The lowest BCUT2D eigenvalue weighted by molar-refractivity contribution is -0.115. The minimum atomic E-state index is -0.525. The molecule has 0 aliphatic heterocycles. The molecule has 4 heteroatoms. The normalized spacial score (nSPS) is 12.3. The molecule has 1 N–H and O–H groups in total. The summed E-state index contributed by atoms with van der Waals surface area (Å²) in [5, 5.41) is 2.19. The largest absolute Gasteiger partial charge is 0.324 e. The Morgan fingerprint density at radius 3 is 2.71 bits per heavy atom.